The maximum Gasteiger partial charge on any atom is 0.231 e. The number of nitrogens with one attached hydrogen (secondary N) is 2. The van der Waals surface area contributed by atoms with Crippen LogP contribution < -0.4 is 20.1 Å². The minimum absolute atomic E-state index is 0. The van der Waals surface area contributed by atoms with E-state index in [0.717, 1.165) is 60.6 Å². The van der Waals surface area contributed by atoms with Crippen molar-refractivity contribution < 1.29 is 14.2 Å². The van der Waals surface area contributed by atoms with Gasteiger partial charge in [0.15, 0.2) is 17.5 Å². The molecule has 1 saturated heterocycles. The van der Waals surface area contributed by atoms with E-state index in [9.17, 15) is 0 Å². The number of ether oxygens (including phenoxy) is 3. The Hall–Kier alpha value is -1.71. The predicted octanol–water partition coefficient (Wildman–Crippen LogP) is 4.10. The van der Waals surface area contributed by atoms with E-state index in [1.807, 2.05) is 30.3 Å². The molecule has 0 atom stereocenters. The molecule has 0 radical (unpaired) electrons. The van der Waals surface area contributed by atoms with Crippen LogP contribution in [0.5, 0.6) is 11.5 Å². The third-order valence-electron chi connectivity index (χ3n) is 5.63. The van der Waals surface area contributed by atoms with Crippen LogP contribution in [-0.4, -0.2) is 39.6 Å². The molecule has 2 aromatic carbocycles. The number of rotatable bonds is 5. The maximum absolute atomic E-state index is 5.96. The highest BCUT2D eigenvalue weighted by molar-refractivity contribution is 14.0. The number of fused-ring (bicyclic) bond motifs is 1. The Kier molecular flexibility index (Phi) is 8.07. The highest BCUT2D eigenvalue weighted by Crippen LogP contribution is 2.40. The molecule has 0 bridgehead atoms. The van der Waals surface area contributed by atoms with Crippen molar-refractivity contribution in [2.24, 2.45) is 4.99 Å². The van der Waals surface area contributed by atoms with E-state index < -0.39 is 0 Å². The minimum atomic E-state index is -0.0445. The molecule has 2 aliphatic heterocycles. The first-order valence-corrected chi connectivity index (χ1v) is 10.2. The summed E-state index contributed by atoms with van der Waals surface area (Å²) in [5.74, 6) is 2.40. The van der Waals surface area contributed by atoms with Gasteiger partial charge in [0.1, 0.15) is 0 Å². The van der Waals surface area contributed by atoms with Crippen LogP contribution in [-0.2, 0) is 16.7 Å². The molecule has 4 rings (SSSR count). The van der Waals surface area contributed by atoms with E-state index >= 15 is 0 Å². The lowest BCUT2D eigenvalue weighted by atomic mass is 9.74. The summed E-state index contributed by atoms with van der Waals surface area (Å²) in [5.41, 5.74) is 2.34. The molecule has 2 heterocycles. The molecule has 8 heteroatoms. The van der Waals surface area contributed by atoms with E-state index in [4.69, 9.17) is 25.8 Å². The van der Waals surface area contributed by atoms with Crippen molar-refractivity contribution in [1.82, 2.24) is 10.6 Å². The minimum Gasteiger partial charge on any atom is -0.454 e. The second-order valence-corrected chi connectivity index (χ2v) is 7.80. The second kappa shape index (κ2) is 10.5. The topological polar surface area (TPSA) is 64.1 Å². The lowest BCUT2D eigenvalue weighted by Crippen LogP contribution is -2.47. The molecule has 2 N–H and O–H groups in total. The number of guanidine groups is 1. The van der Waals surface area contributed by atoms with Gasteiger partial charge in [0.25, 0.3) is 0 Å². The van der Waals surface area contributed by atoms with Gasteiger partial charge in [-0.25, -0.2) is 0 Å². The maximum atomic E-state index is 5.96. The summed E-state index contributed by atoms with van der Waals surface area (Å²) in [7, 11) is 1.79. The molecule has 30 heavy (non-hydrogen) atoms. The van der Waals surface area contributed by atoms with Gasteiger partial charge >= 0.3 is 0 Å². The fourth-order valence-corrected chi connectivity index (χ4v) is 3.94. The Balaban J connectivity index is 0.00000256. The average molecular weight is 544 g/mol. The molecular weight excluding hydrogens is 517 g/mol. The van der Waals surface area contributed by atoms with Gasteiger partial charge in [0, 0.05) is 43.8 Å². The summed E-state index contributed by atoms with van der Waals surface area (Å²) in [4.78, 5) is 4.38. The molecule has 1 fully saturated rings. The Morgan fingerprint density at radius 3 is 2.50 bits per heavy atom. The number of hydrogen-bond donors (Lipinski definition) is 2. The first-order valence-electron chi connectivity index (χ1n) is 9.85. The van der Waals surface area contributed by atoms with E-state index in [2.05, 4.69) is 27.8 Å². The zero-order valence-electron chi connectivity index (χ0n) is 16.9. The Morgan fingerprint density at radius 2 is 1.77 bits per heavy atom. The van der Waals surface area contributed by atoms with Crippen LogP contribution in [0.3, 0.4) is 0 Å². The molecular formula is C22H27ClIN3O3. The van der Waals surface area contributed by atoms with Crippen molar-refractivity contribution in [3.63, 3.8) is 0 Å². The van der Waals surface area contributed by atoms with Crippen LogP contribution in [0.2, 0.25) is 5.02 Å². The molecule has 6 nitrogen and oxygen atoms in total. The zero-order chi connectivity index (χ0) is 20.1. The van der Waals surface area contributed by atoms with Crippen LogP contribution in [0.25, 0.3) is 0 Å². The summed E-state index contributed by atoms with van der Waals surface area (Å²) < 4.78 is 16.7. The molecule has 2 aliphatic rings. The standard InChI is InChI=1S/C22H26ClN3O3.HI/c1-24-21(25-13-16-2-5-18(23)6-3-16)26-14-22(8-10-27-11-9-22)17-4-7-19-20(12-17)29-15-28-19;/h2-7,12H,8-11,13-15H2,1H3,(H2,24,25,26);1H. The summed E-state index contributed by atoms with van der Waals surface area (Å²) >= 11 is 5.96. The fourth-order valence-electron chi connectivity index (χ4n) is 3.82. The predicted molar refractivity (Wildman–Crippen MR) is 129 cm³/mol. The zero-order valence-corrected chi connectivity index (χ0v) is 20.0. The fraction of sp³-hybridized carbons (Fsp3) is 0.409. The third-order valence-corrected chi connectivity index (χ3v) is 5.88. The van der Waals surface area contributed by atoms with Gasteiger partial charge in [-0.05, 0) is 48.2 Å². The van der Waals surface area contributed by atoms with Gasteiger partial charge in [0.05, 0.1) is 0 Å². The summed E-state index contributed by atoms with van der Waals surface area (Å²) in [6, 6.07) is 14.1. The van der Waals surface area contributed by atoms with Crippen LogP contribution in [0.4, 0.5) is 0 Å². The van der Waals surface area contributed by atoms with Crippen molar-refractivity contribution in [3.8, 4) is 11.5 Å². The number of nitrogens with zero attached hydrogens (tertiary/aromatic N) is 1. The Bertz CT molecular complexity index is 870. The van der Waals surface area contributed by atoms with Crippen LogP contribution >= 0.6 is 35.6 Å². The van der Waals surface area contributed by atoms with Crippen molar-refractivity contribution in [2.75, 3.05) is 33.6 Å². The first-order chi connectivity index (χ1) is 14.2. The van der Waals surface area contributed by atoms with Crippen molar-refractivity contribution in [1.29, 1.82) is 0 Å². The lowest BCUT2D eigenvalue weighted by molar-refractivity contribution is 0.0513. The largest absolute Gasteiger partial charge is 0.454 e. The third kappa shape index (κ3) is 5.31. The lowest BCUT2D eigenvalue weighted by Gasteiger charge is -2.38. The molecule has 0 aromatic heterocycles. The summed E-state index contributed by atoms with van der Waals surface area (Å²) in [5, 5.41) is 7.63. The smallest absolute Gasteiger partial charge is 0.231 e. The van der Waals surface area contributed by atoms with E-state index in [-0.39, 0.29) is 36.2 Å². The summed E-state index contributed by atoms with van der Waals surface area (Å²) in [6.45, 7) is 3.21. The molecule has 0 spiro atoms. The molecule has 0 unspecified atom stereocenters. The molecule has 0 saturated carbocycles. The normalized spacial score (nSPS) is 17.2. The van der Waals surface area contributed by atoms with Gasteiger partial charge in [0.2, 0.25) is 6.79 Å². The van der Waals surface area contributed by atoms with Gasteiger partial charge in [-0.1, -0.05) is 29.8 Å². The van der Waals surface area contributed by atoms with Gasteiger partial charge in [-0.15, -0.1) is 24.0 Å². The van der Waals surface area contributed by atoms with Crippen LogP contribution in [0, 0.1) is 0 Å². The number of hydrogen-bond acceptors (Lipinski definition) is 4. The highest BCUT2D eigenvalue weighted by Gasteiger charge is 2.35. The Morgan fingerprint density at radius 1 is 1.03 bits per heavy atom. The second-order valence-electron chi connectivity index (χ2n) is 7.37. The molecule has 0 amide bonds. The van der Waals surface area contributed by atoms with Crippen LogP contribution in [0.15, 0.2) is 47.5 Å². The molecule has 0 aliphatic carbocycles. The van der Waals surface area contributed by atoms with Crippen LogP contribution in [0.1, 0.15) is 24.0 Å². The van der Waals surface area contributed by atoms with Gasteiger partial charge < -0.3 is 24.8 Å². The highest BCUT2D eigenvalue weighted by atomic mass is 127. The van der Waals surface area contributed by atoms with E-state index in [1.165, 1.54) is 5.56 Å². The van der Waals surface area contributed by atoms with Gasteiger partial charge in [-0.2, -0.15) is 0 Å². The molecule has 2 aromatic rings. The van der Waals surface area contributed by atoms with Crippen molar-refractivity contribution >= 4 is 41.5 Å². The quantitative estimate of drug-likeness (QED) is 0.338. The monoisotopic (exact) mass is 543 g/mol. The van der Waals surface area contributed by atoms with Crippen molar-refractivity contribution in [2.45, 2.75) is 24.8 Å². The summed E-state index contributed by atoms with van der Waals surface area (Å²) in [6.07, 6.45) is 1.88. The van der Waals surface area contributed by atoms with Crippen molar-refractivity contribution in [3.05, 3.63) is 58.6 Å². The van der Waals surface area contributed by atoms with E-state index in [0.29, 0.717) is 6.54 Å². The Labute approximate surface area is 199 Å². The molecule has 162 valence electrons. The first kappa shape index (κ1) is 23.0. The average Bonchev–Trinajstić information content (AvgIpc) is 3.24. The van der Waals surface area contributed by atoms with E-state index in [1.54, 1.807) is 7.05 Å². The number of aliphatic imine (C=N–C) groups is 1. The number of halogens is 2. The number of benzene rings is 2. The van der Waals surface area contributed by atoms with Gasteiger partial charge in [-0.3, -0.25) is 4.99 Å². The SMILES string of the molecule is CN=C(NCc1ccc(Cl)cc1)NCC1(c2ccc3c(c2)OCO3)CCOCC1.I.